The molecule has 2 bridgehead atoms. The number of hydrogen-bond donors (Lipinski definition) is 14. The van der Waals surface area contributed by atoms with Gasteiger partial charge in [-0.05, 0) is 76.0 Å². The van der Waals surface area contributed by atoms with Crippen molar-refractivity contribution in [2.45, 2.75) is 243 Å². The fraction of sp³-hybridized carbons (Fsp3) is 0.774. The molecule has 2 aliphatic rings. The first-order chi connectivity index (χ1) is 40.3. The van der Waals surface area contributed by atoms with Crippen LogP contribution in [0.15, 0.2) is 53.6 Å². The van der Waals surface area contributed by atoms with E-state index in [2.05, 4.69) is 29.4 Å². The van der Waals surface area contributed by atoms with E-state index in [1.807, 2.05) is 13.8 Å². The summed E-state index contributed by atoms with van der Waals surface area (Å²) >= 11 is 0. The third kappa shape index (κ3) is 28.5. The molecule has 0 radical (unpaired) electrons. The van der Waals surface area contributed by atoms with Crippen LogP contribution in [0, 0.1) is 47.3 Å². The van der Waals surface area contributed by atoms with E-state index >= 15 is 0 Å². The molecule has 1 fully saturated rings. The lowest BCUT2D eigenvalue weighted by Crippen LogP contribution is -2.60. The monoisotopic (exact) mass is 1230 g/mol. The number of aliphatic imine (C=N–C) groups is 1. The summed E-state index contributed by atoms with van der Waals surface area (Å²) in [5, 5.41) is 135. The maximum Gasteiger partial charge on any atom is 0.317 e. The first-order valence-electron chi connectivity index (χ1n) is 30.5. The number of carbonyl (C=O) groups excluding carboxylic acids is 3. The van der Waals surface area contributed by atoms with Gasteiger partial charge >= 0.3 is 29.8 Å². The number of hydrogen-bond acceptors (Lipinski definition) is 20. The second-order valence-electron chi connectivity index (χ2n) is 24.4. The van der Waals surface area contributed by atoms with E-state index in [1.165, 1.54) is 32.1 Å². The van der Waals surface area contributed by atoms with Gasteiger partial charge in [-0.1, -0.05) is 103 Å². The molecule has 2 aliphatic heterocycles. The fourth-order valence-electron chi connectivity index (χ4n) is 10.8. The molecule has 24 heteroatoms. The van der Waals surface area contributed by atoms with E-state index in [4.69, 9.17) is 24.7 Å². The summed E-state index contributed by atoms with van der Waals surface area (Å²) in [4.78, 5) is 66.1. The van der Waals surface area contributed by atoms with Crippen molar-refractivity contribution in [1.82, 2.24) is 5.32 Å². The predicted molar refractivity (Wildman–Crippen MR) is 318 cm³/mol. The number of nitrogens with zero attached hydrogens (tertiary/aromatic N) is 1. The summed E-state index contributed by atoms with van der Waals surface area (Å²) in [6.07, 6.45) is -3.69. The van der Waals surface area contributed by atoms with Gasteiger partial charge in [-0.2, -0.15) is 0 Å². The lowest BCUT2D eigenvalue weighted by Gasteiger charge is -2.46. The van der Waals surface area contributed by atoms with E-state index in [9.17, 15) is 85.3 Å². The first kappa shape index (κ1) is 77.2. The Morgan fingerprint density at radius 3 is 1.95 bits per heavy atom. The van der Waals surface area contributed by atoms with Crippen LogP contribution in [0.25, 0.3) is 0 Å². The number of allylic oxidation sites excluding steroid dienone is 4. The molecule has 0 aromatic heterocycles. The van der Waals surface area contributed by atoms with E-state index in [0.29, 0.717) is 12.4 Å². The van der Waals surface area contributed by atoms with Gasteiger partial charge in [0.2, 0.25) is 0 Å². The zero-order chi connectivity index (χ0) is 65.0. The molecule has 0 aromatic rings. The maximum atomic E-state index is 13.9. The van der Waals surface area contributed by atoms with Crippen molar-refractivity contribution in [2.24, 2.45) is 58.1 Å². The predicted octanol–water partition coefficient (Wildman–Crippen LogP) is 3.33. The molecule has 2 rings (SSSR count). The van der Waals surface area contributed by atoms with Gasteiger partial charge in [-0.15, -0.1) is 0 Å². The average Bonchev–Trinajstić information content (AvgIpc) is 1.53. The summed E-state index contributed by atoms with van der Waals surface area (Å²) in [7, 11) is 1.62. The lowest BCUT2D eigenvalue weighted by atomic mass is 9.83. The number of unbranched alkanes of at least 4 members (excludes halogenated alkanes) is 2. The summed E-state index contributed by atoms with van der Waals surface area (Å²) in [5.74, 6) is -13.1. The minimum Gasteiger partial charge on any atom is -0.481 e. The number of ether oxygens (including phenoxy) is 4. The topological polar surface area (TPSA) is 415 Å². The normalized spacial score (nSPS) is 35.8. The van der Waals surface area contributed by atoms with E-state index in [1.54, 1.807) is 46.0 Å². The molecular weight excluding hydrogens is 1120 g/mol. The Balaban J connectivity index is 2.53. The molecule has 0 aromatic carbocycles. The first-order valence-corrected chi connectivity index (χ1v) is 30.5. The second-order valence-corrected chi connectivity index (χ2v) is 24.4. The Hall–Kier alpha value is -4.86. The molecular formula is C62H105N3O21. The number of carboxylic acids is 2. The smallest absolute Gasteiger partial charge is 0.317 e. The van der Waals surface area contributed by atoms with Gasteiger partial charge in [0.15, 0.2) is 11.7 Å². The molecule has 22 atom stereocenters. The number of esters is 3. The molecule has 22 unspecified atom stereocenters. The molecule has 2 heterocycles. The summed E-state index contributed by atoms with van der Waals surface area (Å²) in [6, 6.07) is 0. The van der Waals surface area contributed by atoms with Crippen LogP contribution in [0.1, 0.15) is 158 Å². The number of nitrogens with two attached hydrogens (primary N) is 1. The highest BCUT2D eigenvalue weighted by molar-refractivity contribution is 5.90. The van der Waals surface area contributed by atoms with Gasteiger partial charge in [-0.3, -0.25) is 29.0 Å². The van der Waals surface area contributed by atoms with Crippen LogP contribution >= 0.6 is 0 Å². The van der Waals surface area contributed by atoms with E-state index in [-0.39, 0.29) is 37.0 Å². The Kier molecular flexibility index (Phi) is 35.2. The number of carbonyl (C=O) groups is 5. The van der Waals surface area contributed by atoms with Crippen LogP contribution in [0.5, 0.6) is 0 Å². The zero-order valence-electron chi connectivity index (χ0n) is 51.8. The van der Waals surface area contributed by atoms with Crippen LogP contribution in [0.3, 0.4) is 0 Å². The van der Waals surface area contributed by atoms with Crippen LogP contribution in [0.4, 0.5) is 0 Å². The maximum absolute atomic E-state index is 13.9. The zero-order valence-corrected chi connectivity index (χ0v) is 51.8. The Morgan fingerprint density at radius 1 is 0.721 bits per heavy atom. The number of aliphatic hydroxyl groups is 10. The minimum atomic E-state index is -2.74. The van der Waals surface area contributed by atoms with E-state index in [0.717, 1.165) is 38.6 Å². The Labute approximate surface area is 507 Å². The van der Waals surface area contributed by atoms with Crippen molar-refractivity contribution in [3.05, 3.63) is 48.6 Å². The number of aliphatic carboxylic acids is 2. The van der Waals surface area contributed by atoms with Crippen molar-refractivity contribution < 1.29 is 104 Å². The average molecular weight is 1230 g/mol. The number of cyclic esters (lactones) is 1. The van der Waals surface area contributed by atoms with Crippen LogP contribution in [-0.2, 0) is 42.9 Å². The van der Waals surface area contributed by atoms with Gasteiger partial charge in [0, 0.05) is 69.4 Å². The van der Waals surface area contributed by atoms with Crippen LogP contribution in [-0.4, -0.2) is 196 Å². The second kappa shape index (κ2) is 39.2. The molecule has 86 heavy (non-hydrogen) atoms. The van der Waals surface area contributed by atoms with Gasteiger partial charge in [-0.25, -0.2) is 0 Å². The number of rotatable bonds is 17. The van der Waals surface area contributed by atoms with Crippen molar-refractivity contribution >= 4 is 35.8 Å². The number of carboxylic acid groups (broad SMARTS) is 2. The van der Waals surface area contributed by atoms with Gasteiger partial charge in [0.25, 0.3) is 0 Å². The highest BCUT2D eigenvalue weighted by Gasteiger charge is 2.52. The van der Waals surface area contributed by atoms with Gasteiger partial charge in [0.1, 0.15) is 37.3 Å². The number of guanidine groups is 1. The Morgan fingerprint density at radius 2 is 1.33 bits per heavy atom. The molecule has 494 valence electrons. The highest BCUT2D eigenvalue weighted by atomic mass is 16.7. The minimum absolute atomic E-state index is 0.00495. The third-order valence-corrected chi connectivity index (χ3v) is 16.7. The fourth-order valence-corrected chi connectivity index (χ4v) is 10.8. The van der Waals surface area contributed by atoms with Crippen LogP contribution in [0.2, 0.25) is 0 Å². The van der Waals surface area contributed by atoms with Crippen molar-refractivity contribution in [2.75, 3.05) is 13.6 Å². The Bertz CT molecular complexity index is 2200. The summed E-state index contributed by atoms with van der Waals surface area (Å²) < 4.78 is 22.9. The van der Waals surface area contributed by atoms with Gasteiger partial charge < -0.3 is 91.3 Å². The molecule has 0 aliphatic carbocycles. The number of fused-ring (bicyclic) bond motifs is 2. The van der Waals surface area contributed by atoms with E-state index < -0.39 is 190 Å². The highest BCUT2D eigenvalue weighted by Crippen LogP contribution is 2.38. The van der Waals surface area contributed by atoms with Crippen LogP contribution < -0.4 is 11.1 Å². The lowest BCUT2D eigenvalue weighted by molar-refractivity contribution is -0.334. The molecule has 0 saturated carbocycles. The van der Waals surface area contributed by atoms with Gasteiger partial charge in [0.05, 0.1) is 60.9 Å². The number of aliphatic hydroxyl groups excluding tert-OH is 9. The number of nitrogens with one attached hydrogen (secondary N) is 1. The quantitative estimate of drug-likeness (QED) is 0.0189. The van der Waals surface area contributed by atoms with Crippen molar-refractivity contribution in [1.29, 1.82) is 0 Å². The van der Waals surface area contributed by atoms with Crippen molar-refractivity contribution in [3.63, 3.8) is 0 Å². The molecule has 24 nitrogen and oxygen atoms in total. The third-order valence-electron chi connectivity index (χ3n) is 16.7. The standard InChI is InChI=1S/C62H105N3O21/c1-35(18-14-12-10-11-13-17-25-65-61(63)64-9)26-39(5)58-38(4)19-15-16-20-46(67)40(6)50(71)28-43(66)27-44(83-56(78)32-54(74)75)29-45-30-53(84-57(79)33-55(76)77)59(80)62(82,86-45)34-52(73)37(3)22-23-47(68)41(7)51(72)31-49(70)36(2)21-24-48(69)42(8)60(81)85-58/h10-11,15-16,19-21,24,35-53,58-59,66-73,80,82H,12-14,17-18,22-23,25-34H2,1-9H3,(H,74,75)(H,76,77)(H3,63,64,65). The molecule has 0 spiro atoms. The van der Waals surface area contributed by atoms with Crippen molar-refractivity contribution in [3.8, 4) is 0 Å². The summed E-state index contributed by atoms with van der Waals surface area (Å²) in [6.45, 7) is 14.6. The molecule has 15 N–H and O–H groups in total. The molecule has 1 saturated heterocycles. The largest absolute Gasteiger partial charge is 0.481 e. The summed E-state index contributed by atoms with van der Waals surface area (Å²) in [5.41, 5.74) is 5.69. The molecule has 0 amide bonds. The SMILES string of the molecule is CN=C(N)NCCCC=CCCCC(C)CC(C)C1OC(=O)C(C)C(O)C=CC(C)C(O)CC(O)C(C)C(O)CCC(C)C(O)CC2(O)OC(CC(OC(=O)CC(=O)O)CC(O)CC(O)C(C)C(O)C=CC=CC1C)CC(OC(=O)CC(=O)O)C2O.